The first-order chi connectivity index (χ1) is 7.31. The smallest absolute Gasteiger partial charge is 0.130 e. The van der Waals surface area contributed by atoms with E-state index in [1.165, 1.54) is 0 Å². The summed E-state index contributed by atoms with van der Waals surface area (Å²) in [6, 6.07) is 5.63. The molecule has 0 aromatic carbocycles. The van der Waals surface area contributed by atoms with Gasteiger partial charge in [-0.25, -0.2) is 4.98 Å². The Kier molecular flexibility index (Phi) is 4.36. The molecule has 0 aliphatic carbocycles. The molecule has 3 nitrogen and oxygen atoms in total. The van der Waals surface area contributed by atoms with Gasteiger partial charge in [0.05, 0.1) is 11.6 Å². The monoisotopic (exact) mass is 201 g/mol. The number of aromatic nitrogens is 1. The lowest BCUT2D eigenvalue weighted by Crippen LogP contribution is -2.24. The third-order valence-electron chi connectivity index (χ3n) is 2.04. The number of anilines is 1. The van der Waals surface area contributed by atoms with Crippen LogP contribution in [0.2, 0.25) is 0 Å². The number of nitriles is 1. The quantitative estimate of drug-likeness (QED) is 0.686. The maximum atomic E-state index is 8.79. The molecule has 1 aromatic rings. The molecule has 1 heterocycles. The Bertz CT molecular complexity index is 365. The predicted octanol–water partition coefficient (Wildman–Crippen LogP) is 2.36. The summed E-state index contributed by atoms with van der Waals surface area (Å²) in [7, 11) is 0. The Balaban J connectivity index is 2.89. The zero-order valence-electron chi connectivity index (χ0n) is 8.98. The molecule has 0 saturated carbocycles. The van der Waals surface area contributed by atoms with Gasteiger partial charge in [0, 0.05) is 19.3 Å². The molecule has 1 rings (SSSR count). The van der Waals surface area contributed by atoms with Crippen molar-refractivity contribution < 1.29 is 0 Å². The summed E-state index contributed by atoms with van der Waals surface area (Å²) in [5, 5.41) is 8.79. The van der Waals surface area contributed by atoms with Crippen molar-refractivity contribution in [3.8, 4) is 6.07 Å². The maximum Gasteiger partial charge on any atom is 0.130 e. The molecule has 0 spiro atoms. The molecule has 0 N–H and O–H groups in total. The largest absolute Gasteiger partial charge is 0.353 e. The van der Waals surface area contributed by atoms with Gasteiger partial charge in [-0.1, -0.05) is 13.0 Å². The van der Waals surface area contributed by atoms with E-state index in [0.717, 1.165) is 25.3 Å². The lowest BCUT2D eigenvalue weighted by molar-refractivity contribution is 0.802. The Morgan fingerprint density at radius 1 is 1.67 bits per heavy atom. The molecule has 0 fully saturated rings. The number of hydrogen-bond acceptors (Lipinski definition) is 3. The van der Waals surface area contributed by atoms with Crippen molar-refractivity contribution >= 4 is 5.82 Å². The average molecular weight is 201 g/mol. The fourth-order valence-electron chi connectivity index (χ4n) is 1.39. The second-order valence-electron chi connectivity index (χ2n) is 3.25. The van der Waals surface area contributed by atoms with Crippen LogP contribution >= 0.6 is 0 Å². The van der Waals surface area contributed by atoms with Crippen molar-refractivity contribution in [2.24, 2.45) is 0 Å². The fourth-order valence-corrected chi connectivity index (χ4v) is 1.39. The Labute approximate surface area is 90.7 Å². The molecule has 0 amide bonds. The minimum atomic E-state index is 0.644. The molecule has 0 aliphatic rings. The van der Waals surface area contributed by atoms with Gasteiger partial charge in [0.25, 0.3) is 0 Å². The summed E-state index contributed by atoms with van der Waals surface area (Å²) in [6.07, 6.45) is 4.56. The topological polar surface area (TPSA) is 39.9 Å². The van der Waals surface area contributed by atoms with E-state index in [9.17, 15) is 0 Å². The van der Waals surface area contributed by atoms with E-state index >= 15 is 0 Å². The second kappa shape index (κ2) is 5.82. The van der Waals surface area contributed by atoms with Crippen LogP contribution in [-0.4, -0.2) is 18.1 Å². The molecule has 78 valence electrons. The summed E-state index contributed by atoms with van der Waals surface area (Å²) >= 11 is 0. The van der Waals surface area contributed by atoms with Crippen molar-refractivity contribution in [1.29, 1.82) is 5.26 Å². The summed E-state index contributed by atoms with van der Waals surface area (Å²) in [6.45, 7) is 7.52. The van der Waals surface area contributed by atoms with Crippen LogP contribution in [0.3, 0.4) is 0 Å². The molecule has 0 radical (unpaired) electrons. The molecule has 0 bridgehead atoms. The van der Waals surface area contributed by atoms with Crippen molar-refractivity contribution in [2.45, 2.75) is 13.3 Å². The third-order valence-corrected chi connectivity index (χ3v) is 2.04. The average Bonchev–Trinajstić information content (AvgIpc) is 2.29. The van der Waals surface area contributed by atoms with Crippen LogP contribution in [-0.2, 0) is 0 Å². The Morgan fingerprint density at radius 3 is 3.07 bits per heavy atom. The van der Waals surface area contributed by atoms with Crippen LogP contribution in [0, 0.1) is 11.3 Å². The Hall–Kier alpha value is -1.82. The van der Waals surface area contributed by atoms with Crippen LogP contribution in [0.1, 0.15) is 18.9 Å². The molecular formula is C12H15N3. The molecule has 0 aliphatic heterocycles. The first kappa shape index (κ1) is 11.3. The lowest BCUT2D eigenvalue weighted by Gasteiger charge is -2.21. The highest BCUT2D eigenvalue weighted by atomic mass is 15.2. The van der Waals surface area contributed by atoms with E-state index in [1.54, 1.807) is 18.3 Å². The Morgan fingerprint density at radius 2 is 2.47 bits per heavy atom. The summed E-state index contributed by atoms with van der Waals surface area (Å²) in [4.78, 5) is 6.36. The van der Waals surface area contributed by atoms with E-state index in [0.29, 0.717) is 5.56 Å². The molecule has 0 unspecified atom stereocenters. The summed E-state index contributed by atoms with van der Waals surface area (Å²) in [5.74, 6) is 0.843. The molecule has 0 saturated heterocycles. The highest BCUT2D eigenvalue weighted by molar-refractivity contribution is 5.45. The normalized spacial score (nSPS) is 9.33. The van der Waals surface area contributed by atoms with Crippen LogP contribution < -0.4 is 4.90 Å². The second-order valence-corrected chi connectivity index (χ2v) is 3.25. The van der Waals surface area contributed by atoms with Gasteiger partial charge >= 0.3 is 0 Å². The van der Waals surface area contributed by atoms with E-state index in [4.69, 9.17) is 5.26 Å². The summed E-state index contributed by atoms with van der Waals surface area (Å²) in [5.41, 5.74) is 0.644. The number of rotatable bonds is 5. The van der Waals surface area contributed by atoms with Crippen molar-refractivity contribution in [3.63, 3.8) is 0 Å². The molecule has 3 heteroatoms. The minimum Gasteiger partial charge on any atom is -0.353 e. The zero-order valence-corrected chi connectivity index (χ0v) is 8.98. The van der Waals surface area contributed by atoms with Crippen molar-refractivity contribution in [2.75, 3.05) is 18.0 Å². The summed E-state index contributed by atoms with van der Waals surface area (Å²) < 4.78 is 0. The maximum absolute atomic E-state index is 8.79. The molecule has 15 heavy (non-hydrogen) atoms. The van der Waals surface area contributed by atoms with Crippen LogP contribution in [0.5, 0.6) is 0 Å². The van der Waals surface area contributed by atoms with E-state index in [2.05, 4.69) is 29.5 Å². The number of hydrogen-bond donors (Lipinski definition) is 0. The van der Waals surface area contributed by atoms with Gasteiger partial charge in [-0.2, -0.15) is 5.26 Å². The highest BCUT2D eigenvalue weighted by Crippen LogP contribution is 2.12. The number of pyridine rings is 1. The van der Waals surface area contributed by atoms with Gasteiger partial charge in [0.15, 0.2) is 0 Å². The predicted molar refractivity (Wildman–Crippen MR) is 61.7 cm³/mol. The first-order valence-electron chi connectivity index (χ1n) is 5.03. The fraction of sp³-hybridized carbons (Fsp3) is 0.333. The minimum absolute atomic E-state index is 0.644. The van der Waals surface area contributed by atoms with Gasteiger partial charge < -0.3 is 4.90 Å². The lowest BCUT2D eigenvalue weighted by atomic mass is 10.2. The van der Waals surface area contributed by atoms with E-state index in [-0.39, 0.29) is 0 Å². The van der Waals surface area contributed by atoms with Crippen LogP contribution in [0.15, 0.2) is 31.0 Å². The van der Waals surface area contributed by atoms with E-state index in [1.807, 2.05) is 6.08 Å². The van der Waals surface area contributed by atoms with Crippen LogP contribution in [0.4, 0.5) is 5.82 Å². The van der Waals surface area contributed by atoms with Crippen molar-refractivity contribution in [1.82, 2.24) is 4.98 Å². The van der Waals surface area contributed by atoms with Gasteiger partial charge in [-0.05, 0) is 18.6 Å². The standard InChI is InChI=1S/C12H15N3/c1-3-7-15(8-4-2)12-9-11(10-13)5-6-14-12/h3,5-6,9H,1,4,7-8H2,2H3. The number of nitrogens with zero attached hydrogens (tertiary/aromatic N) is 3. The van der Waals surface area contributed by atoms with Gasteiger partial charge in [-0.3, -0.25) is 0 Å². The highest BCUT2D eigenvalue weighted by Gasteiger charge is 2.05. The molecular weight excluding hydrogens is 186 g/mol. The SMILES string of the molecule is C=CCN(CCC)c1cc(C#N)ccn1. The molecule has 1 aromatic heterocycles. The first-order valence-corrected chi connectivity index (χ1v) is 5.03. The van der Waals surface area contributed by atoms with Gasteiger partial charge in [0.2, 0.25) is 0 Å². The van der Waals surface area contributed by atoms with Gasteiger partial charge in [-0.15, -0.1) is 6.58 Å². The molecule has 0 atom stereocenters. The van der Waals surface area contributed by atoms with Crippen LogP contribution in [0.25, 0.3) is 0 Å². The van der Waals surface area contributed by atoms with E-state index < -0.39 is 0 Å². The van der Waals surface area contributed by atoms with Crippen molar-refractivity contribution in [3.05, 3.63) is 36.5 Å². The van der Waals surface area contributed by atoms with Gasteiger partial charge in [0.1, 0.15) is 5.82 Å². The third kappa shape index (κ3) is 3.10. The zero-order chi connectivity index (χ0) is 11.1.